The quantitative estimate of drug-likeness (QED) is 0.377. The number of pyridine rings is 1. The molecule has 33 heavy (non-hydrogen) atoms. The van der Waals surface area contributed by atoms with Crippen LogP contribution in [0.4, 0.5) is 0 Å². The molecule has 0 aliphatic carbocycles. The van der Waals surface area contributed by atoms with Gasteiger partial charge in [0, 0.05) is 6.54 Å². The van der Waals surface area contributed by atoms with Crippen molar-refractivity contribution in [1.82, 2.24) is 15.2 Å². The first-order valence-electron chi connectivity index (χ1n) is 10.5. The average Bonchev–Trinajstić information content (AvgIpc) is 2.72. The standard InChI is InChI=1S/C23H29N3O7/c1-5-6-11-24-19(30)16-18(29)17(20(31)25-12-15(27)28)22(33)26(21(16)32)14-9-7-13(8-10-14)23(2,3)4/h7-10,29,32H,5-6,11-12H2,1-4H3,(H,24,30)(H,25,31)(H,27,28). The summed E-state index contributed by atoms with van der Waals surface area (Å²) in [6.45, 7) is 7.33. The Hall–Kier alpha value is -3.82. The van der Waals surface area contributed by atoms with Crippen LogP contribution in [0.5, 0.6) is 11.6 Å². The van der Waals surface area contributed by atoms with E-state index in [1.54, 1.807) is 12.1 Å². The molecule has 0 unspecified atom stereocenters. The van der Waals surface area contributed by atoms with Crippen LogP contribution in [0.2, 0.25) is 0 Å². The van der Waals surface area contributed by atoms with E-state index in [1.807, 2.05) is 33.0 Å². The second kappa shape index (κ2) is 10.2. The molecule has 5 N–H and O–H groups in total. The summed E-state index contributed by atoms with van der Waals surface area (Å²) < 4.78 is 0.733. The first kappa shape index (κ1) is 25.4. The van der Waals surface area contributed by atoms with Gasteiger partial charge in [0.25, 0.3) is 17.4 Å². The number of nitrogens with one attached hydrogen (secondary N) is 2. The predicted octanol–water partition coefficient (Wildman–Crippen LogP) is 1.89. The number of benzene rings is 1. The van der Waals surface area contributed by atoms with Crippen LogP contribution in [0, 0.1) is 0 Å². The first-order valence-corrected chi connectivity index (χ1v) is 10.5. The van der Waals surface area contributed by atoms with Gasteiger partial charge in [-0.15, -0.1) is 0 Å². The van der Waals surface area contributed by atoms with Gasteiger partial charge in [-0.05, 0) is 29.5 Å². The highest BCUT2D eigenvalue weighted by Gasteiger charge is 2.30. The fourth-order valence-corrected chi connectivity index (χ4v) is 3.13. The maximum Gasteiger partial charge on any atom is 0.322 e. The van der Waals surface area contributed by atoms with Crippen LogP contribution in [0.3, 0.4) is 0 Å². The second-order valence-corrected chi connectivity index (χ2v) is 8.55. The van der Waals surface area contributed by atoms with Gasteiger partial charge in [-0.1, -0.05) is 46.2 Å². The van der Waals surface area contributed by atoms with Crippen molar-refractivity contribution in [2.45, 2.75) is 46.0 Å². The SMILES string of the molecule is CCCCNC(=O)c1c(O)c(C(=O)NCC(=O)O)c(=O)n(-c2ccc(C(C)(C)C)cc2)c1O. The molecule has 0 bridgehead atoms. The van der Waals surface area contributed by atoms with Gasteiger partial charge in [-0.25, -0.2) is 4.57 Å². The molecule has 0 aliphatic rings. The summed E-state index contributed by atoms with van der Waals surface area (Å²) in [5.74, 6) is -5.31. The third-order valence-corrected chi connectivity index (χ3v) is 4.99. The lowest BCUT2D eigenvalue weighted by molar-refractivity contribution is -0.135. The molecule has 1 aromatic heterocycles. The van der Waals surface area contributed by atoms with Crippen LogP contribution in [-0.2, 0) is 10.2 Å². The molecule has 0 fully saturated rings. The summed E-state index contributed by atoms with van der Waals surface area (Å²) in [4.78, 5) is 49.2. The summed E-state index contributed by atoms with van der Waals surface area (Å²) in [5, 5.41) is 34.7. The van der Waals surface area contributed by atoms with Crippen molar-refractivity contribution < 1.29 is 29.7 Å². The number of aromatic hydroxyl groups is 2. The normalized spacial score (nSPS) is 11.2. The molecule has 0 aliphatic heterocycles. The number of aliphatic carboxylic acids is 1. The zero-order chi connectivity index (χ0) is 24.9. The van der Waals surface area contributed by atoms with Gasteiger partial charge in [-0.2, -0.15) is 0 Å². The zero-order valence-corrected chi connectivity index (χ0v) is 19.1. The number of nitrogens with zero attached hydrogens (tertiary/aromatic N) is 1. The molecule has 178 valence electrons. The Bertz CT molecular complexity index is 1110. The highest BCUT2D eigenvalue weighted by Crippen LogP contribution is 2.31. The topological polar surface area (TPSA) is 158 Å². The fourth-order valence-electron chi connectivity index (χ4n) is 3.13. The number of carbonyl (C=O) groups is 3. The van der Waals surface area contributed by atoms with E-state index in [9.17, 15) is 29.4 Å². The lowest BCUT2D eigenvalue weighted by Gasteiger charge is -2.20. The Balaban J connectivity index is 2.72. The molecular weight excluding hydrogens is 430 g/mol. The van der Waals surface area contributed by atoms with Gasteiger partial charge in [0.05, 0.1) is 5.69 Å². The third-order valence-electron chi connectivity index (χ3n) is 4.99. The Labute approximate surface area is 190 Å². The molecule has 0 spiro atoms. The lowest BCUT2D eigenvalue weighted by Crippen LogP contribution is -2.37. The van der Waals surface area contributed by atoms with Crippen LogP contribution in [-0.4, -0.2) is 50.8 Å². The molecule has 2 rings (SSSR count). The highest BCUT2D eigenvalue weighted by molar-refractivity contribution is 6.05. The van der Waals surface area contributed by atoms with Crippen molar-refractivity contribution in [2.24, 2.45) is 0 Å². The minimum absolute atomic E-state index is 0.153. The van der Waals surface area contributed by atoms with E-state index in [1.165, 1.54) is 12.1 Å². The van der Waals surface area contributed by atoms with Gasteiger partial charge in [0.15, 0.2) is 5.75 Å². The molecule has 10 heteroatoms. The van der Waals surface area contributed by atoms with Crippen molar-refractivity contribution in [2.75, 3.05) is 13.1 Å². The number of carboxylic acid groups (broad SMARTS) is 1. The van der Waals surface area contributed by atoms with Gasteiger partial charge < -0.3 is 26.0 Å². The third kappa shape index (κ3) is 5.71. The van der Waals surface area contributed by atoms with Crippen molar-refractivity contribution in [1.29, 1.82) is 0 Å². The number of aromatic nitrogens is 1. The Kier molecular flexibility index (Phi) is 7.86. The number of hydrogen-bond donors (Lipinski definition) is 5. The molecule has 0 atom stereocenters. The van der Waals surface area contributed by atoms with E-state index in [2.05, 4.69) is 5.32 Å². The van der Waals surface area contributed by atoms with E-state index in [0.29, 0.717) is 6.42 Å². The van der Waals surface area contributed by atoms with Gasteiger partial charge >= 0.3 is 5.97 Å². The van der Waals surface area contributed by atoms with Crippen LogP contribution >= 0.6 is 0 Å². The molecule has 1 heterocycles. The van der Waals surface area contributed by atoms with Gasteiger partial charge in [-0.3, -0.25) is 19.2 Å². The predicted molar refractivity (Wildman–Crippen MR) is 121 cm³/mol. The van der Waals surface area contributed by atoms with E-state index < -0.39 is 52.6 Å². The van der Waals surface area contributed by atoms with Crippen molar-refractivity contribution in [3.8, 4) is 17.3 Å². The van der Waals surface area contributed by atoms with Crippen LogP contribution in [0.1, 0.15) is 66.8 Å². The zero-order valence-electron chi connectivity index (χ0n) is 19.1. The van der Waals surface area contributed by atoms with Crippen molar-refractivity contribution >= 4 is 17.8 Å². The Morgan fingerprint density at radius 2 is 1.55 bits per heavy atom. The number of unbranched alkanes of at least 4 members (excludes halogenated alkanes) is 1. The Morgan fingerprint density at radius 1 is 0.970 bits per heavy atom. The van der Waals surface area contributed by atoms with Crippen molar-refractivity contribution in [3.63, 3.8) is 0 Å². The molecule has 10 nitrogen and oxygen atoms in total. The number of carbonyl (C=O) groups excluding carboxylic acids is 2. The van der Waals surface area contributed by atoms with Gasteiger partial charge in [0.1, 0.15) is 17.7 Å². The molecule has 2 aromatic rings. The summed E-state index contributed by atoms with van der Waals surface area (Å²) in [7, 11) is 0. The molecule has 0 saturated carbocycles. The van der Waals surface area contributed by atoms with E-state index in [4.69, 9.17) is 5.11 Å². The van der Waals surface area contributed by atoms with Gasteiger partial charge in [0.2, 0.25) is 5.88 Å². The maximum atomic E-state index is 13.1. The molecule has 0 saturated heterocycles. The van der Waals surface area contributed by atoms with Crippen LogP contribution < -0.4 is 16.2 Å². The maximum absolute atomic E-state index is 13.1. The molecule has 2 amide bonds. The molecule has 1 aromatic carbocycles. The average molecular weight is 459 g/mol. The van der Waals surface area contributed by atoms with E-state index in [-0.39, 0.29) is 17.6 Å². The summed E-state index contributed by atoms with van der Waals surface area (Å²) >= 11 is 0. The highest BCUT2D eigenvalue weighted by atomic mass is 16.4. The smallest absolute Gasteiger partial charge is 0.322 e. The first-order chi connectivity index (χ1) is 15.4. The largest absolute Gasteiger partial charge is 0.506 e. The number of amides is 2. The Morgan fingerprint density at radius 3 is 2.06 bits per heavy atom. The number of hydrogen-bond acceptors (Lipinski definition) is 6. The number of rotatable bonds is 8. The van der Waals surface area contributed by atoms with E-state index in [0.717, 1.165) is 16.6 Å². The molecule has 0 radical (unpaired) electrons. The fraction of sp³-hybridized carbons (Fsp3) is 0.391. The summed E-state index contributed by atoms with van der Waals surface area (Å²) in [6, 6.07) is 6.55. The summed E-state index contributed by atoms with van der Waals surface area (Å²) in [5.41, 5.74) is -1.72. The molecular formula is C23H29N3O7. The van der Waals surface area contributed by atoms with Crippen LogP contribution in [0.15, 0.2) is 29.1 Å². The van der Waals surface area contributed by atoms with E-state index >= 15 is 0 Å². The lowest BCUT2D eigenvalue weighted by atomic mass is 9.87. The number of carboxylic acids is 1. The monoisotopic (exact) mass is 459 g/mol. The minimum Gasteiger partial charge on any atom is -0.506 e. The minimum atomic E-state index is -1.36. The second-order valence-electron chi connectivity index (χ2n) is 8.55. The van der Waals surface area contributed by atoms with Crippen LogP contribution in [0.25, 0.3) is 5.69 Å². The van der Waals surface area contributed by atoms with Crippen molar-refractivity contribution in [3.05, 3.63) is 51.3 Å². The summed E-state index contributed by atoms with van der Waals surface area (Å²) in [6.07, 6.45) is 1.41.